The lowest BCUT2D eigenvalue weighted by Gasteiger charge is -2.18. The predicted octanol–water partition coefficient (Wildman–Crippen LogP) is 2.19. The minimum atomic E-state index is -0.923. The Morgan fingerprint density at radius 2 is 2.12 bits per heavy atom. The second-order valence-electron chi connectivity index (χ2n) is 3.36. The quantitative estimate of drug-likeness (QED) is 0.657. The van der Waals surface area contributed by atoms with Gasteiger partial charge in [0.1, 0.15) is 13.2 Å². The second kappa shape index (κ2) is 5.63. The van der Waals surface area contributed by atoms with Crippen LogP contribution in [0.15, 0.2) is 35.2 Å². The number of carbonyl (C=O) groups is 1. The van der Waals surface area contributed by atoms with Crippen LogP contribution in [0.5, 0.6) is 11.5 Å². The van der Waals surface area contributed by atoms with E-state index in [1.807, 2.05) is 18.2 Å². The fourth-order valence-corrected chi connectivity index (χ4v) is 2.15. The molecule has 0 spiro atoms. The molecule has 0 aromatic heterocycles. The van der Waals surface area contributed by atoms with Gasteiger partial charge in [0.15, 0.2) is 11.5 Å². The van der Waals surface area contributed by atoms with Crippen LogP contribution in [0.4, 0.5) is 0 Å². The Bertz CT molecular complexity index is 442. The minimum Gasteiger partial charge on any atom is -0.486 e. The van der Waals surface area contributed by atoms with E-state index >= 15 is 0 Å². The molecule has 2 rings (SSSR count). The van der Waals surface area contributed by atoms with Gasteiger partial charge in [-0.25, -0.2) is 4.79 Å². The van der Waals surface area contributed by atoms with Crippen molar-refractivity contribution in [1.82, 2.24) is 0 Å². The molecule has 1 N–H and O–H groups in total. The summed E-state index contributed by atoms with van der Waals surface area (Å²) in [7, 11) is 0. The molecule has 0 unspecified atom stereocenters. The minimum absolute atomic E-state index is 0.569. The maximum absolute atomic E-state index is 10.3. The van der Waals surface area contributed by atoms with E-state index in [-0.39, 0.29) is 0 Å². The molecule has 0 atom stereocenters. The highest BCUT2D eigenvalue weighted by Gasteiger charge is 2.11. The van der Waals surface area contributed by atoms with E-state index in [4.69, 9.17) is 14.6 Å². The number of aliphatic carboxylic acids is 1. The van der Waals surface area contributed by atoms with Crippen molar-refractivity contribution < 1.29 is 19.4 Å². The summed E-state index contributed by atoms with van der Waals surface area (Å²) in [6.07, 6.45) is 2.76. The van der Waals surface area contributed by atoms with E-state index in [0.717, 1.165) is 22.5 Å². The zero-order valence-corrected chi connectivity index (χ0v) is 9.90. The lowest BCUT2D eigenvalue weighted by Crippen LogP contribution is -2.15. The second-order valence-corrected chi connectivity index (χ2v) is 4.45. The van der Waals surface area contributed by atoms with Gasteiger partial charge in [-0.2, -0.15) is 0 Å². The molecule has 90 valence electrons. The van der Waals surface area contributed by atoms with Crippen LogP contribution >= 0.6 is 11.8 Å². The van der Waals surface area contributed by atoms with E-state index in [2.05, 4.69) is 0 Å². The van der Waals surface area contributed by atoms with Gasteiger partial charge in [-0.3, -0.25) is 0 Å². The lowest BCUT2D eigenvalue weighted by molar-refractivity contribution is -0.131. The largest absolute Gasteiger partial charge is 0.486 e. The number of thioether (sulfide) groups is 1. The van der Waals surface area contributed by atoms with Crippen LogP contribution in [0.1, 0.15) is 0 Å². The SMILES string of the molecule is O=C(O)/C=C/CSc1ccc2c(c1)OCCO2. The highest BCUT2D eigenvalue weighted by Crippen LogP contribution is 2.34. The zero-order chi connectivity index (χ0) is 12.1. The highest BCUT2D eigenvalue weighted by atomic mass is 32.2. The normalized spacial score (nSPS) is 13.9. The number of carboxylic acid groups (broad SMARTS) is 1. The van der Waals surface area contributed by atoms with Crippen LogP contribution in [-0.4, -0.2) is 30.0 Å². The van der Waals surface area contributed by atoms with E-state index in [9.17, 15) is 4.79 Å². The Morgan fingerprint density at radius 1 is 1.35 bits per heavy atom. The van der Waals surface area contributed by atoms with Crippen LogP contribution in [0.25, 0.3) is 0 Å². The van der Waals surface area contributed by atoms with Crippen molar-refractivity contribution in [1.29, 1.82) is 0 Å². The van der Waals surface area contributed by atoms with Crippen LogP contribution in [0.3, 0.4) is 0 Å². The van der Waals surface area contributed by atoms with E-state index in [0.29, 0.717) is 19.0 Å². The fourth-order valence-electron chi connectivity index (χ4n) is 1.41. The number of rotatable bonds is 4. The first kappa shape index (κ1) is 11.9. The molecule has 0 saturated carbocycles. The topological polar surface area (TPSA) is 55.8 Å². The molecule has 5 heteroatoms. The van der Waals surface area contributed by atoms with Gasteiger partial charge in [0, 0.05) is 16.7 Å². The molecule has 0 fully saturated rings. The summed E-state index contributed by atoms with van der Waals surface area (Å²) < 4.78 is 10.9. The average Bonchev–Trinajstić information content (AvgIpc) is 2.34. The van der Waals surface area contributed by atoms with Gasteiger partial charge in [0.05, 0.1) is 0 Å². The van der Waals surface area contributed by atoms with Crippen LogP contribution in [-0.2, 0) is 4.79 Å². The van der Waals surface area contributed by atoms with E-state index in [1.54, 1.807) is 17.8 Å². The number of carboxylic acids is 1. The van der Waals surface area contributed by atoms with Crippen molar-refractivity contribution in [2.45, 2.75) is 4.90 Å². The predicted molar refractivity (Wildman–Crippen MR) is 64.9 cm³/mol. The van der Waals surface area contributed by atoms with Gasteiger partial charge >= 0.3 is 5.97 Å². The Hall–Kier alpha value is -1.62. The Morgan fingerprint density at radius 3 is 2.88 bits per heavy atom. The molecule has 4 nitrogen and oxygen atoms in total. The van der Waals surface area contributed by atoms with Crippen molar-refractivity contribution in [3.8, 4) is 11.5 Å². The van der Waals surface area contributed by atoms with Crippen molar-refractivity contribution in [2.75, 3.05) is 19.0 Å². The summed E-state index contributed by atoms with van der Waals surface area (Å²) in [6, 6.07) is 5.72. The van der Waals surface area contributed by atoms with Gasteiger partial charge in [-0.1, -0.05) is 6.08 Å². The molecule has 0 radical (unpaired) electrons. The monoisotopic (exact) mass is 252 g/mol. The first-order valence-electron chi connectivity index (χ1n) is 5.17. The van der Waals surface area contributed by atoms with Crippen LogP contribution < -0.4 is 9.47 Å². The first-order chi connectivity index (χ1) is 8.25. The molecule has 1 aromatic carbocycles. The number of ether oxygens (including phenoxy) is 2. The molecule has 0 amide bonds. The lowest BCUT2D eigenvalue weighted by atomic mass is 10.3. The standard InChI is InChI=1S/C12H12O4S/c13-12(14)2-1-7-17-9-3-4-10-11(8-9)16-6-5-15-10/h1-4,8H,5-7H2,(H,13,14)/b2-1+. The summed E-state index contributed by atoms with van der Waals surface area (Å²) in [6.45, 7) is 1.15. The molecule has 1 heterocycles. The fraction of sp³-hybridized carbons (Fsp3) is 0.250. The Labute approximate surface area is 103 Å². The Kier molecular flexibility index (Phi) is 3.93. The number of hydrogen-bond acceptors (Lipinski definition) is 4. The summed E-state index contributed by atoms with van der Waals surface area (Å²) in [5, 5.41) is 8.44. The third-order valence-electron chi connectivity index (χ3n) is 2.12. The summed E-state index contributed by atoms with van der Waals surface area (Å²) in [5.74, 6) is 1.21. The first-order valence-corrected chi connectivity index (χ1v) is 6.16. The smallest absolute Gasteiger partial charge is 0.328 e. The molecule has 17 heavy (non-hydrogen) atoms. The summed E-state index contributed by atoms with van der Waals surface area (Å²) in [5.41, 5.74) is 0. The summed E-state index contributed by atoms with van der Waals surface area (Å²) in [4.78, 5) is 11.3. The number of benzene rings is 1. The molecule has 0 saturated heterocycles. The maximum atomic E-state index is 10.3. The molecule has 1 aromatic rings. The Balaban J connectivity index is 1.95. The third kappa shape index (κ3) is 3.42. The van der Waals surface area contributed by atoms with Crippen molar-refractivity contribution in [2.24, 2.45) is 0 Å². The van der Waals surface area contributed by atoms with Crippen molar-refractivity contribution in [3.63, 3.8) is 0 Å². The van der Waals surface area contributed by atoms with Gasteiger partial charge in [0.25, 0.3) is 0 Å². The zero-order valence-electron chi connectivity index (χ0n) is 9.09. The van der Waals surface area contributed by atoms with Gasteiger partial charge in [-0.05, 0) is 18.2 Å². The average molecular weight is 252 g/mol. The molecule has 0 bridgehead atoms. The maximum Gasteiger partial charge on any atom is 0.328 e. The van der Waals surface area contributed by atoms with Crippen LogP contribution in [0.2, 0.25) is 0 Å². The summed E-state index contributed by atoms with van der Waals surface area (Å²) >= 11 is 1.55. The molecule has 1 aliphatic heterocycles. The molecular weight excluding hydrogens is 240 g/mol. The molecular formula is C12H12O4S. The third-order valence-corrected chi connectivity index (χ3v) is 3.07. The number of hydrogen-bond donors (Lipinski definition) is 1. The molecule has 1 aliphatic rings. The highest BCUT2D eigenvalue weighted by molar-refractivity contribution is 7.99. The van der Waals surface area contributed by atoms with Gasteiger partial charge in [-0.15, -0.1) is 11.8 Å². The van der Waals surface area contributed by atoms with E-state index in [1.165, 1.54) is 0 Å². The number of fused-ring (bicyclic) bond motifs is 1. The van der Waals surface area contributed by atoms with E-state index < -0.39 is 5.97 Å². The van der Waals surface area contributed by atoms with Gasteiger partial charge in [0.2, 0.25) is 0 Å². The van der Waals surface area contributed by atoms with Gasteiger partial charge < -0.3 is 14.6 Å². The molecule has 0 aliphatic carbocycles. The van der Waals surface area contributed by atoms with Crippen LogP contribution in [0, 0.1) is 0 Å². The van der Waals surface area contributed by atoms with Crippen molar-refractivity contribution >= 4 is 17.7 Å². The van der Waals surface area contributed by atoms with Crippen molar-refractivity contribution in [3.05, 3.63) is 30.4 Å².